The zero-order valence-electron chi connectivity index (χ0n) is 12.9. The second-order valence-electron chi connectivity index (χ2n) is 5.30. The normalized spacial score (nSPS) is 10.9. The Kier molecular flexibility index (Phi) is 3.92. The highest BCUT2D eigenvalue weighted by Gasteiger charge is 2.14. The summed E-state index contributed by atoms with van der Waals surface area (Å²) in [6, 6.07) is 9.12. The van der Waals surface area contributed by atoms with Gasteiger partial charge in [0.15, 0.2) is 0 Å². The number of rotatable bonds is 4. The first-order valence-corrected chi connectivity index (χ1v) is 7.16. The number of hydrogen-bond donors (Lipinski definition) is 0. The summed E-state index contributed by atoms with van der Waals surface area (Å²) in [5.74, 6) is 0.606. The Morgan fingerprint density at radius 3 is 2.78 bits per heavy atom. The first kappa shape index (κ1) is 15.0. The second kappa shape index (κ2) is 6.04. The third kappa shape index (κ3) is 3.13. The van der Waals surface area contributed by atoms with Crippen molar-refractivity contribution in [1.82, 2.24) is 19.7 Å². The largest absolute Gasteiger partial charge is 0.424 e. The van der Waals surface area contributed by atoms with Crippen LogP contribution in [0.5, 0.6) is 0 Å². The maximum Gasteiger partial charge on any atom is 0.258 e. The van der Waals surface area contributed by atoms with Crippen LogP contribution in [0.3, 0.4) is 0 Å². The molecule has 0 saturated carbocycles. The summed E-state index contributed by atoms with van der Waals surface area (Å²) in [5, 5.41) is 9.03. The SMILES string of the molecule is Cc1nnc(CN(C)C(=O)Cn2ccc3ccccc3c2=O)o1. The van der Waals surface area contributed by atoms with Crippen molar-refractivity contribution in [3.05, 3.63) is 58.7 Å². The summed E-state index contributed by atoms with van der Waals surface area (Å²) in [6.45, 7) is 1.86. The lowest BCUT2D eigenvalue weighted by Gasteiger charge is -2.16. The Hall–Kier alpha value is -2.96. The van der Waals surface area contributed by atoms with Gasteiger partial charge in [0, 0.05) is 25.6 Å². The van der Waals surface area contributed by atoms with Crippen LogP contribution in [0, 0.1) is 6.92 Å². The fraction of sp³-hybridized carbons (Fsp3) is 0.250. The van der Waals surface area contributed by atoms with Gasteiger partial charge in [0.05, 0.1) is 6.54 Å². The number of nitrogens with zero attached hydrogens (tertiary/aromatic N) is 4. The highest BCUT2D eigenvalue weighted by Crippen LogP contribution is 2.08. The molecule has 0 atom stereocenters. The summed E-state index contributed by atoms with van der Waals surface area (Å²) in [6.07, 6.45) is 1.63. The third-order valence-corrected chi connectivity index (χ3v) is 3.56. The molecule has 1 aromatic carbocycles. The Morgan fingerprint density at radius 2 is 2.04 bits per heavy atom. The molecule has 0 bridgehead atoms. The molecule has 2 aromatic heterocycles. The lowest BCUT2D eigenvalue weighted by atomic mass is 10.2. The Balaban J connectivity index is 1.77. The number of benzene rings is 1. The number of hydrogen-bond acceptors (Lipinski definition) is 5. The van der Waals surface area contributed by atoms with Gasteiger partial charge in [0.1, 0.15) is 6.54 Å². The molecule has 0 spiro atoms. The van der Waals surface area contributed by atoms with Crippen LogP contribution in [0.4, 0.5) is 0 Å². The van der Waals surface area contributed by atoms with Gasteiger partial charge in [-0.15, -0.1) is 10.2 Å². The topological polar surface area (TPSA) is 81.2 Å². The fourth-order valence-electron chi connectivity index (χ4n) is 2.31. The summed E-state index contributed by atoms with van der Waals surface area (Å²) in [4.78, 5) is 26.1. The van der Waals surface area contributed by atoms with Gasteiger partial charge in [0.25, 0.3) is 5.56 Å². The molecule has 1 amide bonds. The number of aromatic nitrogens is 3. The Bertz CT molecular complexity index is 913. The van der Waals surface area contributed by atoms with Gasteiger partial charge in [0.2, 0.25) is 17.7 Å². The van der Waals surface area contributed by atoms with Crippen LogP contribution < -0.4 is 5.56 Å². The molecule has 0 unspecified atom stereocenters. The third-order valence-electron chi connectivity index (χ3n) is 3.56. The molecule has 7 nitrogen and oxygen atoms in total. The molecule has 3 rings (SSSR count). The smallest absolute Gasteiger partial charge is 0.258 e. The van der Waals surface area contributed by atoms with E-state index in [4.69, 9.17) is 4.42 Å². The standard InChI is InChI=1S/C16H16N4O3/c1-11-17-18-14(23-11)9-19(2)15(21)10-20-8-7-12-5-3-4-6-13(12)16(20)22/h3-8H,9-10H2,1-2H3. The summed E-state index contributed by atoms with van der Waals surface area (Å²) in [7, 11) is 1.63. The molecular weight excluding hydrogens is 296 g/mol. The molecule has 0 fully saturated rings. The molecule has 7 heteroatoms. The maximum absolute atomic E-state index is 12.4. The van der Waals surface area contributed by atoms with Crippen molar-refractivity contribution in [1.29, 1.82) is 0 Å². The summed E-state index contributed by atoms with van der Waals surface area (Å²) >= 11 is 0. The average molecular weight is 312 g/mol. The predicted molar refractivity (Wildman–Crippen MR) is 83.7 cm³/mol. The van der Waals surface area contributed by atoms with E-state index in [1.807, 2.05) is 18.2 Å². The molecule has 0 saturated heterocycles. The Labute approximate surface area is 132 Å². The molecule has 0 aliphatic heterocycles. The number of aryl methyl sites for hydroxylation is 1. The van der Waals surface area contributed by atoms with Crippen LogP contribution in [0.1, 0.15) is 11.8 Å². The van der Waals surface area contributed by atoms with Crippen molar-refractivity contribution in [2.24, 2.45) is 0 Å². The highest BCUT2D eigenvalue weighted by molar-refractivity contribution is 5.82. The van der Waals surface area contributed by atoms with Gasteiger partial charge in [-0.1, -0.05) is 18.2 Å². The monoisotopic (exact) mass is 312 g/mol. The van der Waals surface area contributed by atoms with E-state index < -0.39 is 0 Å². The maximum atomic E-state index is 12.4. The van der Waals surface area contributed by atoms with Gasteiger partial charge in [-0.25, -0.2) is 0 Å². The van der Waals surface area contributed by atoms with Crippen molar-refractivity contribution in [3.8, 4) is 0 Å². The number of fused-ring (bicyclic) bond motifs is 1. The molecule has 2 heterocycles. The van der Waals surface area contributed by atoms with E-state index >= 15 is 0 Å². The second-order valence-corrected chi connectivity index (χ2v) is 5.30. The fourth-order valence-corrected chi connectivity index (χ4v) is 2.31. The van der Waals surface area contributed by atoms with Crippen LogP contribution in [-0.2, 0) is 17.9 Å². The van der Waals surface area contributed by atoms with Crippen LogP contribution in [0.2, 0.25) is 0 Å². The average Bonchev–Trinajstić information content (AvgIpc) is 2.95. The van der Waals surface area contributed by atoms with Crippen LogP contribution in [-0.4, -0.2) is 32.6 Å². The number of carbonyl (C=O) groups is 1. The van der Waals surface area contributed by atoms with Gasteiger partial charge < -0.3 is 13.9 Å². The van der Waals surface area contributed by atoms with Gasteiger partial charge in [-0.3, -0.25) is 9.59 Å². The Morgan fingerprint density at radius 1 is 1.26 bits per heavy atom. The van der Waals surface area contributed by atoms with Crippen molar-refractivity contribution in [3.63, 3.8) is 0 Å². The molecule has 0 radical (unpaired) electrons. The zero-order valence-corrected chi connectivity index (χ0v) is 12.9. The predicted octanol–water partition coefficient (Wildman–Crippen LogP) is 1.35. The first-order valence-electron chi connectivity index (χ1n) is 7.16. The quantitative estimate of drug-likeness (QED) is 0.726. The van der Waals surface area contributed by atoms with Crippen LogP contribution in [0.15, 0.2) is 45.7 Å². The number of carbonyl (C=O) groups excluding carboxylic acids is 1. The van der Waals surface area contributed by atoms with Crippen molar-refractivity contribution >= 4 is 16.7 Å². The minimum Gasteiger partial charge on any atom is -0.424 e. The number of pyridine rings is 1. The van der Waals surface area contributed by atoms with E-state index in [0.29, 0.717) is 17.2 Å². The first-order chi connectivity index (χ1) is 11.0. The lowest BCUT2D eigenvalue weighted by Crippen LogP contribution is -2.33. The number of likely N-dealkylation sites (N-methyl/N-ethyl adjacent to an activating group) is 1. The van der Waals surface area contributed by atoms with Gasteiger partial charge >= 0.3 is 0 Å². The zero-order chi connectivity index (χ0) is 16.4. The highest BCUT2D eigenvalue weighted by atomic mass is 16.4. The van der Waals surface area contributed by atoms with E-state index in [0.717, 1.165) is 5.39 Å². The van der Waals surface area contributed by atoms with Gasteiger partial charge in [-0.2, -0.15) is 0 Å². The molecule has 23 heavy (non-hydrogen) atoms. The molecule has 3 aromatic rings. The van der Waals surface area contributed by atoms with E-state index in [9.17, 15) is 9.59 Å². The van der Waals surface area contributed by atoms with Crippen molar-refractivity contribution in [2.45, 2.75) is 20.0 Å². The summed E-state index contributed by atoms with van der Waals surface area (Å²) in [5.41, 5.74) is -0.182. The van der Waals surface area contributed by atoms with E-state index in [-0.39, 0.29) is 24.6 Å². The molecule has 118 valence electrons. The minimum absolute atomic E-state index is 0.0344. The molecule has 0 aliphatic carbocycles. The number of amides is 1. The summed E-state index contributed by atoms with van der Waals surface area (Å²) < 4.78 is 6.65. The van der Waals surface area contributed by atoms with Gasteiger partial charge in [-0.05, 0) is 17.5 Å². The molecular formula is C16H16N4O3. The minimum atomic E-state index is -0.210. The van der Waals surface area contributed by atoms with E-state index in [2.05, 4.69) is 10.2 Å². The van der Waals surface area contributed by atoms with Crippen LogP contribution >= 0.6 is 0 Å². The van der Waals surface area contributed by atoms with Crippen molar-refractivity contribution in [2.75, 3.05) is 7.05 Å². The van der Waals surface area contributed by atoms with E-state index in [1.165, 1.54) is 9.47 Å². The molecule has 0 N–H and O–H groups in total. The van der Waals surface area contributed by atoms with E-state index in [1.54, 1.807) is 32.3 Å². The molecule has 0 aliphatic rings. The lowest BCUT2D eigenvalue weighted by molar-refractivity contribution is -0.131. The van der Waals surface area contributed by atoms with Crippen LogP contribution in [0.25, 0.3) is 10.8 Å². The van der Waals surface area contributed by atoms with Crippen molar-refractivity contribution < 1.29 is 9.21 Å².